The highest BCUT2D eigenvalue weighted by Crippen LogP contribution is 2.48. The number of nitrogens with zero attached hydrogens (tertiary/aromatic N) is 1. The van der Waals surface area contributed by atoms with Gasteiger partial charge in [-0.25, -0.2) is 0 Å². The molecule has 1 saturated heterocycles. The van der Waals surface area contributed by atoms with Gasteiger partial charge in [0.1, 0.15) is 0 Å². The molecule has 1 saturated carbocycles. The van der Waals surface area contributed by atoms with Crippen molar-refractivity contribution in [2.75, 3.05) is 19.6 Å². The van der Waals surface area contributed by atoms with Crippen LogP contribution in [0.3, 0.4) is 0 Å². The Morgan fingerprint density at radius 2 is 2.00 bits per heavy atom. The Hall–Kier alpha value is -0.970. The average Bonchev–Trinajstić information content (AvgIpc) is 2.91. The summed E-state index contributed by atoms with van der Waals surface area (Å²) in [5.41, 5.74) is 2.52. The van der Waals surface area contributed by atoms with Crippen LogP contribution in [0.4, 0.5) is 0 Å². The van der Waals surface area contributed by atoms with Crippen LogP contribution >= 0.6 is 0 Å². The maximum atomic E-state index is 4.53. The van der Waals surface area contributed by atoms with Crippen LogP contribution in [-0.4, -0.2) is 36.7 Å². The first-order valence-electron chi connectivity index (χ1n) is 8.74. The van der Waals surface area contributed by atoms with E-state index in [-0.39, 0.29) is 0 Å². The van der Waals surface area contributed by atoms with Crippen LogP contribution in [0.5, 0.6) is 0 Å². The van der Waals surface area contributed by atoms with Crippen molar-refractivity contribution in [2.24, 2.45) is 17.8 Å². The number of piperidine rings is 1. The Labute approximate surface area is 134 Å². The van der Waals surface area contributed by atoms with Gasteiger partial charge in [0.25, 0.3) is 0 Å². The van der Waals surface area contributed by atoms with Crippen LogP contribution in [0.15, 0.2) is 18.3 Å². The number of hydrogen-bond acceptors (Lipinski definition) is 4. The van der Waals surface area contributed by atoms with Crippen LogP contribution in [0.25, 0.3) is 0 Å². The van der Waals surface area contributed by atoms with Crippen LogP contribution < -0.4 is 16.0 Å². The standard InChI is InChI=1S/C18H30N4/c1-12(2)21-8-14-4-5-20-15(7-14)6-13(3)22-11-18-16-9-19-10-17(16)18/h4-5,7,12-13,16-19,21-22H,6,8-11H2,1-3H3. The summed E-state index contributed by atoms with van der Waals surface area (Å²) >= 11 is 0. The number of aromatic nitrogens is 1. The molecule has 2 heterocycles. The van der Waals surface area contributed by atoms with Gasteiger partial charge < -0.3 is 16.0 Å². The highest BCUT2D eigenvalue weighted by Gasteiger charge is 2.52. The Kier molecular flexibility index (Phi) is 5.11. The molecule has 1 aliphatic carbocycles. The van der Waals surface area contributed by atoms with Crippen LogP contribution in [0.1, 0.15) is 32.0 Å². The molecule has 3 unspecified atom stereocenters. The zero-order chi connectivity index (χ0) is 15.5. The minimum absolute atomic E-state index is 0.495. The second-order valence-electron chi connectivity index (χ2n) is 7.35. The molecule has 3 N–H and O–H groups in total. The molecule has 4 heteroatoms. The summed E-state index contributed by atoms with van der Waals surface area (Å²) in [6, 6.07) is 5.36. The van der Waals surface area contributed by atoms with E-state index in [2.05, 4.69) is 53.8 Å². The van der Waals surface area contributed by atoms with Crippen molar-refractivity contribution < 1.29 is 0 Å². The van der Waals surface area contributed by atoms with Gasteiger partial charge in [-0.2, -0.15) is 0 Å². The molecule has 122 valence electrons. The van der Waals surface area contributed by atoms with E-state index in [0.29, 0.717) is 12.1 Å². The van der Waals surface area contributed by atoms with Gasteiger partial charge in [0.2, 0.25) is 0 Å². The molecule has 0 radical (unpaired) electrons. The third-order valence-corrected chi connectivity index (χ3v) is 5.08. The van der Waals surface area contributed by atoms with Crippen LogP contribution in [0, 0.1) is 17.8 Å². The van der Waals surface area contributed by atoms with Crippen molar-refractivity contribution in [1.82, 2.24) is 20.9 Å². The van der Waals surface area contributed by atoms with Gasteiger partial charge in [0.15, 0.2) is 0 Å². The van der Waals surface area contributed by atoms with E-state index in [4.69, 9.17) is 0 Å². The van der Waals surface area contributed by atoms with E-state index in [1.807, 2.05) is 6.20 Å². The Morgan fingerprint density at radius 1 is 1.23 bits per heavy atom. The highest BCUT2D eigenvalue weighted by molar-refractivity contribution is 5.17. The number of pyridine rings is 1. The van der Waals surface area contributed by atoms with Crippen molar-refractivity contribution in [3.63, 3.8) is 0 Å². The van der Waals surface area contributed by atoms with E-state index in [1.54, 1.807) is 0 Å². The van der Waals surface area contributed by atoms with Crippen LogP contribution in [-0.2, 0) is 13.0 Å². The van der Waals surface area contributed by atoms with Gasteiger partial charge in [-0.15, -0.1) is 0 Å². The Morgan fingerprint density at radius 3 is 2.73 bits per heavy atom. The lowest BCUT2D eigenvalue weighted by Gasteiger charge is -2.15. The summed E-state index contributed by atoms with van der Waals surface area (Å²) in [5, 5.41) is 10.6. The van der Waals surface area contributed by atoms with Gasteiger partial charge in [0.05, 0.1) is 0 Å². The molecule has 2 aliphatic rings. The molecular formula is C18H30N4. The molecule has 22 heavy (non-hydrogen) atoms. The predicted molar refractivity (Wildman–Crippen MR) is 90.7 cm³/mol. The molecule has 1 aromatic rings. The summed E-state index contributed by atoms with van der Waals surface area (Å²) in [6.45, 7) is 11.2. The minimum atomic E-state index is 0.495. The average molecular weight is 302 g/mol. The third-order valence-electron chi connectivity index (χ3n) is 5.08. The SMILES string of the molecule is CC(C)NCc1ccnc(CC(C)NCC2C3CNCC32)c1. The molecule has 3 atom stereocenters. The molecule has 0 aromatic carbocycles. The van der Waals surface area contributed by atoms with Gasteiger partial charge in [-0.3, -0.25) is 4.98 Å². The monoisotopic (exact) mass is 302 g/mol. The molecule has 0 spiro atoms. The minimum Gasteiger partial charge on any atom is -0.316 e. The molecule has 0 bridgehead atoms. The Balaban J connectivity index is 1.42. The summed E-state index contributed by atoms with van der Waals surface area (Å²) < 4.78 is 0. The van der Waals surface area contributed by atoms with Gasteiger partial charge in [0, 0.05) is 36.9 Å². The normalized spacial score (nSPS) is 27.9. The molecule has 0 amide bonds. The Bertz CT molecular complexity index is 478. The molecular weight excluding hydrogens is 272 g/mol. The molecule has 1 aliphatic heterocycles. The van der Waals surface area contributed by atoms with Crippen molar-refractivity contribution in [2.45, 2.75) is 45.8 Å². The summed E-state index contributed by atoms with van der Waals surface area (Å²) in [4.78, 5) is 4.53. The zero-order valence-electron chi connectivity index (χ0n) is 14.1. The number of rotatable bonds is 8. The van der Waals surface area contributed by atoms with Gasteiger partial charge in [-0.05, 0) is 62.0 Å². The first kappa shape index (κ1) is 15.9. The summed E-state index contributed by atoms with van der Waals surface area (Å²) in [7, 11) is 0. The van der Waals surface area contributed by atoms with E-state index in [9.17, 15) is 0 Å². The first-order chi connectivity index (χ1) is 10.6. The van der Waals surface area contributed by atoms with E-state index >= 15 is 0 Å². The van der Waals surface area contributed by atoms with E-state index in [0.717, 1.165) is 30.7 Å². The second kappa shape index (κ2) is 7.07. The third kappa shape index (κ3) is 4.06. The number of hydrogen-bond donors (Lipinski definition) is 3. The van der Waals surface area contributed by atoms with Crippen molar-refractivity contribution in [1.29, 1.82) is 0 Å². The second-order valence-corrected chi connectivity index (χ2v) is 7.35. The maximum Gasteiger partial charge on any atom is 0.0422 e. The largest absolute Gasteiger partial charge is 0.316 e. The fourth-order valence-corrected chi connectivity index (χ4v) is 3.64. The van der Waals surface area contributed by atoms with Crippen LogP contribution in [0.2, 0.25) is 0 Å². The molecule has 2 fully saturated rings. The maximum absolute atomic E-state index is 4.53. The lowest BCUT2D eigenvalue weighted by molar-refractivity contribution is 0.480. The fraction of sp³-hybridized carbons (Fsp3) is 0.722. The first-order valence-corrected chi connectivity index (χ1v) is 8.74. The number of nitrogens with one attached hydrogen (secondary N) is 3. The quantitative estimate of drug-likeness (QED) is 0.682. The lowest BCUT2D eigenvalue weighted by Crippen LogP contribution is -2.32. The molecule has 3 rings (SSSR count). The van der Waals surface area contributed by atoms with E-state index < -0.39 is 0 Å². The summed E-state index contributed by atoms with van der Waals surface area (Å²) in [5.74, 6) is 2.81. The van der Waals surface area contributed by atoms with Crippen molar-refractivity contribution in [3.05, 3.63) is 29.6 Å². The fourth-order valence-electron chi connectivity index (χ4n) is 3.64. The summed E-state index contributed by atoms with van der Waals surface area (Å²) in [6.07, 6.45) is 2.95. The number of fused-ring (bicyclic) bond motifs is 1. The molecule has 1 aromatic heterocycles. The predicted octanol–water partition coefficient (Wildman–Crippen LogP) is 1.57. The topological polar surface area (TPSA) is 49.0 Å². The smallest absolute Gasteiger partial charge is 0.0422 e. The molecule has 4 nitrogen and oxygen atoms in total. The van der Waals surface area contributed by atoms with E-state index in [1.165, 1.54) is 30.9 Å². The lowest BCUT2D eigenvalue weighted by atomic mass is 10.1. The highest BCUT2D eigenvalue weighted by atomic mass is 15.0. The van der Waals surface area contributed by atoms with Crippen molar-refractivity contribution >= 4 is 0 Å². The van der Waals surface area contributed by atoms with Gasteiger partial charge in [-0.1, -0.05) is 13.8 Å². The van der Waals surface area contributed by atoms with Crippen molar-refractivity contribution in [3.8, 4) is 0 Å². The zero-order valence-corrected chi connectivity index (χ0v) is 14.1. The van der Waals surface area contributed by atoms with Gasteiger partial charge >= 0.3 is 0 Å².